The Labute approximate surface area is 152 Å². The van der Waals surface area contributed by atoms with Crippen molar-refractivity contribution in [1.29, 1.82) is 0 Å². The van der Waals surface area contributed by atoms with Crippen molar-refractivity contribution in [3.63, 3.8) is 0 Å². The number of aliphatic hydroxyl groups excluding tert-OH is 1. The molecule has 0 radical (unpaired) electrons. The van der Waals surface area contributed by atoms with Gasteiger partial charge in [0.05, 0.1) is 6.61 Å². The number of rotatable bonds is 4. The van der Waals surface area contributed by atoms with Crippen LogP contribution in [-0.2, 0) is 20.8 Å². The van der Waals surface area contributed by atoms with E-state index in [0.29, 0.717) is 6.54 Å². The molecular weight excluding hydrogens is 398 g/mol. The maximum atomic E-state index is 8.89. The number of nitrogens with two attached hydrogens (primary N) is 2. The van der Waals surface area contributed by atoms with Crippen molar-refractivity contribution in [2.75, 3.05) is 30.3 Å². The summed E-state index contributed by atoms with van der Waals surface area (Å²) in [4.78, 5) is 2.12. The molecule has 0 aliphatic heterocycles. The molecule has 13 nitrogen and oxygen atoms in total. The van der Waals surface area contributed by atoms with Gasteiger partial charge in [0.2, 0.25) is 0 Å². The van der Waals surface area contributed by atoms with Crippen molar-refractivity contribution >= 4 is 32.2 Å². The molecule has 0 atom stereocenters. The standard InChI is InChI=1S/C11H18N2O.H3NO.2H2O4S/c1-3-13(6-7-14)10-4-5-11(12)9(2)8-10;1-2;2*1-5(2,3)4/h4-5,8,14H,3,6-7,12H2,1-2H3;2H,1H2;2*(H2,1,2,3,4). The molecule has 0 saturated heterocycles. The molecule has 156 valence electrons. The monoisotopic (exact) mass is 423 g/mol. The van der Waals surface area contributed by atoms with Crippen LogP contribution >= 0.6 is 0 Å². The van der Waals surface area contributed by atoms with Crippen LogP contribution in [-0.4, -0.2) is 65.1 Å². The molecule has 15 heteroatoms. The first-order chi connectivity index (χ1) is 11.7. The zero-order valence-electron chi connectivity index (χ0n) is 14.1. The van der Waals surface area contributed by atoms with Gasteiger partial charge in [-0.25, -0.2) is 5.90 Å². The van der Waals surface area contributed by atoms with E-state index < -0.39 is 20.8 Å². The Kier molecular flexibility index (Phi) is 16.4. The molecule has 1 aromatic carbocycles. The summed E-state index contributed by atoms with van der Waals surface area (Å²) in [5, 5.41) is 15.4. The van der Waals surface area contributed by atoms with Crippen molar-refractivity contribution < 1.29 is 45.4 Å². The topological polar surface area (TPSA) is 245 Å². The Hall–Kier alpha value is -1.56. The number of likely N-dealkylation sites (N-methyl/N-ethyl adjacent to an activating group) is 1. The Balaban J connectivity index is -0.000000366. The molecule has 0 aliphatic rings. The van der Waals surface area contributed by atoms with Gasteiger partial charge in [-0.1, -0.05) is 0 Å². The zero-order chi connectivity index (χ0) is 21.6. The lowest BCUT2D eigenvalue weighted by Gasteiger charge is -2.22. The quantitative estimate of drug-likeness (QED) is 0.172. The lowest BCUT2D eigenvalue weighted by Crippen LogP contribution is -2.26. The van der Waals surface area contributed by atoms with Crippen LogP contribution in [0.5, 0.6) is 0 Å². The SMILES string of the molecule is CCN(CCO)c1ccc(N)c(C)c1.NO.O=S(=O)(O)O.O=S(=O)(O)O. The van der Waals surface area contributed by atoms with Gasteiger partial charge in [0.25, 0.3) is 0 Å². The predicted octanol–water partition coefficient (Wildman–Crippen LogP) is -0.575. The van der Waals surface area contributed by atoms with E-state index in [4.69, 9.17) is 51.1 Å². The second kappa shape index (κ2) is 14.6. The summed E-state index contributed by atoms with van der Waals surface area (Å²) < 4.78 is 63.2. The fourth-order valence-corrected chi connectivity index (χ4v) is 1.45. The Morgan fingerprint density at radius 1 is 1.00 bits per heavy atom. The van der Waals surface area contributed by atoms with Crippen molar-refractivity contribution in [3.8, 4) is 0 Å². The molecule has 26 heavy (non-hydrogen) atoms. The molecule has 0 unspecified atom stereocenters. The number of anilines is 2. The number of aliphatic hydroxyl groups is 1. The summed E-state index contributed by atoms with van der Waals surface area (Å²) in [6, 6.07) is 5.95. The maximum absolute atomic E-state index is 8.89. The second-order valence-electron chi connectivity index (χ2n) is 4.24. The van der Waals surface area contributed by atoms with Crippen LogP contribution in [0, 0.1) is 6.92 Å². The number of hydrogen-bond donors (Lipinski definition) is 8. The third-order valence-electron chi connectivity index (χ3n) is 2.37. The minimum atomic E-state index is -4.67. The van der Waals surface area contributed by atoms with E-state index in [1.54, 1.807) is 0 Å². The molecule has 10 N–H and O–H groups in total. The summed E-state index contributed by atoms with van der Waals surface area (Å²) in [6.45, 7) is 5.80. The highest BCUT2D eigenvalue weighted by molar-refractivity contribution is 7.80. The molecule has 0 saturated carbocycles. The average molecular weight is 423 g/mol. The summed E-state index contributed by atoms with van der Waals surface area (Å²) in [7, 11) is -9.33. The zero-order valence-corrected chi connectivity index (χ0v) is 15.7. The van der Waals surface area contributed by atoms with Gasteiger partial charge in [-0.05, 0) is 37.6 Å². The van der Waals surface area contributed by atoms with E-state index in [2.05, 4.69) is 23.8 Å². The summed E-state index contributed by atoms with van der Waals surface area (Å²) in [5.74, 6) is 3.50. The normalized spacial score (nSPS) is 10.2. The third-order valence-corrected chi connectivity index (χ3v) is 2.37. The van der Waals surface area contributed by atoms with Crippen LogP contribution in [0.15, 0.2) is 18.2 Å². The molecular formula is C11H25N3O10S2. The molecule has 0 amide bonds. The summed E-state index contributed by atoms with van der Waals surface area (Å²) in [6.07, 6.45) is 0. The lowest BCUT2D eigenvalue weighted by molar-refractivity contribution is 0.302. The van der Waals surface area contributed by atoms with Crippen molar-refractivity contribution in [2.45, 2.75) is 13.8 Å². The minimum Gasteiger partial charge on any atom is -0.399 e. The Bertz CT molecular complexity index is 648. The number of benzene rings is 1. The van der Waals surface area contributed by atoms with E-state index in [1.807, 2.05) is 19.1 Å². The summed E-state index contributed by atoms with van der Waals surface area (Å²) >= 11 is 0. The van der Waals surface area contributed by atoms with Gasteiger partial charge in [-0.3, -0.25) is 18.2 Å². The molecule has 1 rings (SSSR count). The molecule has 1 aromatic rings. The van der Waals surface area contributed by atoms with Crippen LogP contribution in [0.25, 0.3) is 0 Å². The number of hydrogen-bond acceptors (Lipinski definition) is 9. The number of aryl methyl sites for hydroxylation is 1. The molecule has 0 aliphatic carbocycles. The smallest absolute Gasteiger partial charge is 0.394 e. The number of nitrogens with zero attached hydrogens (tertiary/aromatic N) is 1. The molecule has 0 aromatic heterocycles. The number of nitrogen functional groups attached to an aromatic ring is 1. The van der Waals surface area contributed by atoms with E-state index in [1.165, 1.54) is 0 Å². The Morgan fingerprint density at radius 3 is 1.65 bits per heavy atom. The van der Waals surface area contributed by atoms with Gasteiger partial charge >= 0.3 is 20.8 Å². The molecule has 0 fully saturated rings. The highest BCUT2D eigenvalue weighted by atomic mass is 32.3. The first kappa shape index (κ1) is 29.2. The first-order valence-corrected chi connectivity index (χ1v) is 9.36. The van der Waals surface area contributed by atoms with Crippen LogP contribution < -0.4 is 16.5 Å². The fraction of sp³-hybridized carbons (Fsp3) is 0.455. The molecule has 0 heterocycles. The van der Waals surface area contributed by atoms with E-state index in [0.717, 1.165) is 23.5 Å². The van der Waals surface area contributed by atoms with Gasteiger partial charge in [0.15, 0.2) is 0 Å². The van der Waals surface area contributed by atoms with Crippen LogP contribution in [0.4, 0.5) is 11.4 Å². The van der Waals surface area contributed by atoms with Crippen LogP contribution in [0.3, 0.4) is 0 Å². The second-order valence-corrected chi connectivity index (χ2v) is 6.03. The minimum absolute atomic E-state index is 0.178. The Morgan fingerprint density at radius 2 is 1.38 bits per heavy atom. The van der Waals surface area contributed by atoms with E-state index in [-0.39, 0.29) is 6.61 Å². The van der Waals surface area contributed by atoms with Gasteiger partial charge < -0.3 is 20.9 Å². The van der Waals surface area contributed by atoms with Crippen molar-refractivity contribution in [2.24, 2.45) is 5.90 Å². The average Bonchev–Trinajstić information content (AvgIpc) is 2.46. The van der Waals surface area contributed by atoms with Crippen molar-refractivity contribution in [3.05, 3.63) is 23.8 Å². The van der Waals surface area contributed by atoms with E-state index >= 15 is 0 Å². The highest BCUT2D eigenvalue weighted by Crippen LogP contribution is 2.19. The third kappa shape index (κ3) is 24.7. The van der Waals surface area contributed by atoms with E-state index in [9.17, 15) is 0 Å². The first-order valence-electron chi connectivity index (χ1n) is 6.56. The van der Waals surface area contributed by atoms with Gasteiger partial charge in [0.1, 0.15) is 0 Å². The predicted molar refractivity (Wildman–Crippen MR) is 94.9 cm³/mol. The van der Waals surface area contributed by atoms with Crippen molar-refractivity contribution in [1.82, 2.24) is 0 Å². The summed E-state index contributed by atoms with van der Waals surface area (Å²) in [5.41, 5.74) is 8.75. The van der Waals surface area contributed by atoms with Gasteiger partial charge in [-0.15, -0.1) is 0 Å². The van der Waals surface area contributed by atoms with Crippen LogP contribution in [0.1, 0.15) is 12.5 Å². The maximum Gasteiger partial charge on any atom is 0.394 e. The fourth-order valence-electron chi connectivity index (χ4n) is 1.45. The van der Waals surface area contributed by atoms with Gasteiger partial charge in [0, 0.05) is 24.5 Å². The highest BCUT2D eigenvalue weighted by Gasteiger charge is 2.04. The van der Waals surface area contributed by atoms with Gasteiger partial charge in [-0.2, -0.15) is 16.8 Å². The van der Waals surface area contributed by atoms with Crippen LogP contribution in [0.2, 0.25) is 0 Å². The lowest BCUT2D eigenvalue weighted by atomic mass is 10.1. The molecule has 0 spiro atoms. The molecule has 0 bridgehead atoms. The largest absolute Gasteiger partial charge is 0.399 e.